The summed E-state index contributed by atoms with van der Waals surface area (Å²) in [6.45, 7) is 3.93. The fraction of sp³-hybridized carbons (Fsp3) is 0.500. The number of amides is 1. The highest BCUT2D eigenvalue weighted by Crippen LogP contribution is 2.14. The van der Waals surface area contributed by atoms with E-state index >= 15 is 0 Å². The van der Waals surface area contributed by atoms with Crippen LogP contribution in [0.1, 0.15) is 37.2 Å². The number of halogens is 1. The molecule has 0 aromatic carbocycles. The summed E-state index contributed by atoms with van der Waals surface area (Å²) in [6, 6.07) is 3.50. The van der Waals surface area contributed by atoms with E-state index in [9.17, 15) is 9.90 Å². The first kappa shape index (κ1) is 14.1. The van der Waals surface area contributed by atoms with E-state index in [4.69, 9.17) is 0 Å². The highest BCUT2D eigenvalue weighted by Gasteiger charge is 2.21. The third kappa shape index (κ3) is 4.44. The second-order valence-electron chi connectivity index (χ2n) is 4.26. The molecule has 1 atom stereocenters. The van der Waals surface area contributed by atoms with Gasteiger partial charge in [0.1, 0.15) is 5.69 Å². The number of aliphatic hydroxyl groups is 1. The Morgan fingerprint density at radius 3 is 2.94 bits per heavy atom. The van der Waals surface area contributed by atoms with E-state index in [0.29, 0.717) is 16.6 Å². The fourth-order valence-corrected chi connectivity index (χ4v) is 1.97. The van der Waals surface area contributed by atoms with Gasteiger partial charge in [0.15, 0.2) is 0 Å². The molecule has 0 spiro atoms. The van der Waals surface area contributed by atoms with Crippen LogP contribution in [-0.4, -0.2) is 28.1 Å². The quantitative estimate of drug-likeness (QED) is 0.875. The van der Waals surface area contributed by atoms with Gasteiger partial charge in [0.05, 0.1) is 5.60 Å². The van der Waals surface area contributed by atoms with Gasteiger partial charge in [0.25, 0.3) is 5.91 Å². The van der Waals surface area contributed by atoms with Crippen molar-refractivity contribution in [2.45, 2.75) is 32.3 Å². The zero-order chi connectivity index (χ0) is 12.9. The molecule has 0 fully saturated rings. The summed E-state index contributed by atoms with van der Waals surface area (Å²) >= 11 is 3.26. The topological polar surface area (TPSA) is 62.2 Å². The van der Waals surface area contributed by atoms with E-state index in [1.54, 1.807) is 25.3 Å². The molecular weight excluding hydrogens is 284 g/mol. The predicted molar refractivity (Wildman–Crippen MR) is 69.8 cm³/mol. The maximum atomic E-state index is 11.8. The van der Waals surface area contributed by atoms with Gasteiger partial charge in [0, 0.05) is 17.2 Å². The standard InChI is InChI=1S/C12H17BrN2O2/c1-3-6-12(2,17)8-15-11(16)10-9(13)5-4-7-14-10/h4-5,7,17H,3,6,8H2,1-2H3,(H,15,16). The van der Waals surface area contributed by atoms with Gasteiger partial charge in [-0.2, -0.15) is 0 Å². The van der Waals surface area contributed by atoms with Gasteiger partial charge < -0.3 is 10.4 Å². The number of carbonyl (C=O) groups excluding carboxylic acids is 1. The Morgan fingerprint density at radius 1 is 1.65 bits per heavy atom. The van der Waals surface area contributed by atoms with E-state index in [0.717, 1.165) is 6.42 Å². The van der Waals surface area contributed by atoms with Gasteiger partial charge in [-0.1, -0.05) is 13.3 Å². The van der Waals surface area contributed by atoms with Crippen LogP contribution in [0.2, 0.25) is 0 Å². The number of hydrogen-bond donors (Lipinski definition) is 2. The first-order chi connectivity index (χ1) is 7.96. The third-order valence-corrected chi connectivity index (χ3v) is 3.03. The maximum Gasteiger partial charge on any atom is 0.271 e. The normalized spacial score (nSPS) is 14.1. The number of aromatic nitrogens is 1. The van der Waals surface area contributed by atoms with Gasteiger partial charge >= 0.3 is 0 Å². The zero-order valence-electron chi connectivity index (χ0n) is 10.0. The van der Waals surface area contributed by atoms with Crippen LogP contribution < -0.4 is 5.32 Å². The van der Waals surface area contributed by atoms with Crippen LogP contribution >= 0.6 is 15.9 Å². The first-order valence-corrected chi connectivity index (χ1v) is 6.36. The minimum Gasteiger partial charge on any atom is -0.388 e. The summed E-state index contributed by atoms with van der Waals surface area (Å²) in [6.07, 6.45) is 3.08. The van der Waals surface area contributed by atoms with Crippen molar-refractivity contribution in [3.8, 4) is 0 Å². The van der Waals surface area contributed by atoms with Crippen LogP contribution in [-0.2, 0) is 0 Å². The number of pyridine rings is 1. The largest absolute Gasteiger partial charge is 0.388 e. The summed E-state index contributed by atoms with van der Waals surface area (Å²) < 4.78 is 0.646. The smallest absolute Gasteiger partial charge is 0.271 e. The van der Waals surface area contributed by atoms with Gasteiger partial charge in [-0.15, -0.1) is 0 Å². The molecule has 0 aliphatic carbocycles. The summed E-state index contributed by atoms with van der Waals surface area (Å²) in [7, 11) is 0. The molecule has 1 aromatic rings. The molecule has 1 amide bonds. The molecule has 1 heterocycles. The molecule has 1 unspecified atom stereocenters. The van der Waals surface area contributed by atoms with Crippen molar-refractivity contribution in [2.75, 3.05) is 6.54 Å². The Morgan fingerprint density at radius 2 is 2.35 bits per heavy atom. The Bertz CT molecular complexity index is 394. The van der Waals surface area contributed by atoms with E-state index in [-0.39, 0.29) is 12.5 Å². The van der Waals surface area contributed by atoms with E-state index in [1.807, 2.05) is 6.92 Å². The van der Waals surface area contributed by atoms with Crippen molar-refractivity contribution in [1.29, 1.82) is 0 Å². The lowest BCUT2D eigenvalue weighted by Crippen LogP contribution is -2.40. The molecule has 0 bridgehead atoms. The Kier molecular flexibility index (Phi) is 5.08. The van der Waals surface area contributed by atoms with Crippen LogP contribution in [0.4, 0.5) is 0 Å². The molecule has 17 heavy (non-hydrogen) atoms. The lowest BCUT2D eigenvalue weighted by Gasteiger charge is -2.22. The van der Waals surface area contributed by atoms with Crippen LogP contribution in [0.25, 0.3) is 0 Å². The Labute approximate surface area is 110 Å². The molecule has 1 aromatic heterocycles. The molecule has 0 radical (unpaired) electrons. The molecule has 1 rings (SSSR count). The fourth-order valence-electron chi connectivity index (χ4n) is 1.53. The molecule has 0 saturated heterocycles. The second-order valence-corrected chi connectivity index (χ2v) is 5.12. The van der Waals surface area contributed by atoms with Crippen molar-refractivity contribution in [1.82, 2.24) is 10.3 Å². The van der Waals surface area contributed by atoms with Gasteiger partial charge in [-0.3, -0.25) is 4.79 Å². The van der Waals surface area contributed by atoms with Crippen molar-refractivity contribution in [2.24, 2.45) is 0 Å². The zero-order valence-corrected chi connectivity index (χ0v) is 11.6. The molecule has 94 valence electrons. The van der Waals surface area contributed by atoms with Gasteiger partial charge in [-0.25, -0.2) is 4.98 Å². The number of carbonyl (C=O) groups is 1. The average Bonchev–Trinajstić information content (AvgIpc) is 2.27. The minimum absolute atomic E-state index is 0.225. The minimum atomic E-state index is -0.869. The van der Waals surface area contributed by atoms with Crippen LogP contribution in [0.3, 0.4) is 0 Å². The van der Waals surface area contributed by atoms with Crippen LogP contribution in [0.5, 0.6) is 0 Å². The van der Waals surface area contributed by atoms with E-state index in [2.05, 4.69) is 26.2 Å². The van der Waals surface area contributed by atoms with E-state index < -0.39 is 5.60 Å². The summed E-state index contributed by atoms with van der Waals surface area (Å²) in [5, 5.41) is 12.6. The predicted octanol–water partition coefficient (Wildman–Crippen LogP) is 2.12. The SMILES string of the molecule is CCCC(C)(O)CNC(=O)c1ncccc1Br. The molecule has 0 saturated carbocycles. The number of rotatable bonds is 5. The Balaban J connectivity index is 2.59. The lowest BCUT2D eigenvalue weighted by atomic mass is 10.0. The van der Waals surface area contributed by atoms with Gasteiger partial charge in [0.2, 0.25) is 0 Å². The Hall–Kier alpha value is -0.940. The third-order valence-electron chi connectivity index (χ3n) is 2.39. The van der Waals surface area contributed by atoms with Crippen LogP contribution in [0, 0.1) is 0 Å². The van der Waals surface area contributed by atoms with Crippen molar-refractivity contribution >= 4 is 21.8 Å². The van der Waals surface area contributed by atoms with Crippen molar-refractivity contribution in [3.63, 3.8) is 0 Å². The van der Waals surface area contributed by atoms with Crippen molar-refractivity contribution < 1.29 is 9.90 Å². The molecule has 2 N–H and O–H groups in total. The number of nitrogens with zero attached hydrogens (tertiary/aromatic N) is 1. The maximum absolute atomic E-state index is 11.8. The molecule has 0 aliphatic heterocycles. The molecule has 4 nitrogen and oxygen atoms in total. The molecular formula is C12H17BrN2O2. The first-order valence-electron chi connectivity index (χ1n) is 5.57. The highest BCUT2D eigenvalue weighted by molar-refractivity contribution is 9.10. The molecule has 0 aliphatic rings. The average molecular weight is 301 g/mol. The van der Waals surface area contributed by atoms with Gasteiger partial charge in [-0.05, 0) is 41.4 Å². The number of nitrogens with one attached hydrogen (secondary N) is 1. The number of hydrogen-bond acceptors (Lipinski definition) is 3. The van der Waals surface area contributed by atoms with Crippen molar-refractivity contribution in [3.05, 3.63) is 28.5 Å². The van der Waals surface area contributed by atoms with E-state index in [1.165, 1.54) is 0 Å². The summed E-state index contributed by atoms with van der Waals surface area (Å²) in [5.74, 6) is -0.283. The highest BCUT2D eigenvalue weighted by atomic mass is 79.9. The summed E-state index contributed by atoms with van der Waals surface area (Å²) in [4.78, 5) is 15.8. The molecule has 5 heteroatoms. The lowest BCUT2D eigenvalue weighted by molar-refractivity contribution is 0.0468. The van der Waals surface area contributed by atoms with Crippen LogP contribution in [0.15, 0.2) is 22.8 Å². The summed E-state index contributed by atoms with van der Waals surface area (Å²) in [5.41, 5.74) is -0.536. The monoisotopic (exact) mass is 300 g/mol. The second kappa shape index (κ2) is 6.12.